The molecule has 2 aromatic carbocycles. The fourth-order valence-electron chi connectivity index (χ4n) is 3.17. The summed E-state index contributed by atoms with van der Waals surface area (Å²) in [5, 5.41) is 0. The molecule has 5 nitrogen and oxygen atoms in total. The van der Waals surface area contributed by atoms with Gasteiger partial charge >= 0.3 is 0 Å². The molecule has 1 heterocycles. The van der Waals surface area contributed by atoms with Gasteiger partial charge in [0.1, 0.15) is 5.75 Å². The minimum atomic E-state index is -0.0454. The minimum Gasteiger partial charge on any atom is -0.484 e. The molecule has 0 bridgehead atoms. The van der Waals surface area contributed by atoms with E-state index in [0.29, 0.717) is 37.5 Å². The molecule has 0 spiro atoms. The van der Waals surface area contributed by atoms with E-state index < -0.39 is 0 Å². The summed E-state index contributed by atoms with van der Waals surface area (Å²) in [7, 11) is 0. The predicted molar refractivity (Wildman–Crippen MR) is 100 cm³/mol. The summed E-state index contributed by atoms with van der Waals surface area (Å²) < 4.78 is 5.65. The van der Waals surface area contributed by atoms with E-state index in [2.05, 4.69) is 6.07 Å². The molecule has 2 amide bonds. The quantitative estimate of drug-likeness (QED) is 0.850. The SMILES string of the molecule is Cc1cc(C)cc(OCC(=O)N2CCN(C(=O)c3ccccc3)CC2)c1. The van der Waals surface area contributed by atoms with Gasteiger partial charge in [-0.1, -0.05) is 24.3 Å². The second-order valence-electron chi connectivity index (χ2n) is 6.65. The van der Waals surface area contributed by atoms with E-state index in [4.69, 9.17) is 4.74 Å². The fraction of sp³-hybridized carbons (Fsp3) is 0.333. The summed E-state index contributed by atoms with van der Waals surface area (Å²) in [6.45, 7) is 6.19. The maximum absolute atomic E-state index is 12.4. The van der Waals surface area contributed by atoms with Crippen molar-refractivity contribution < 1.29 is 14.3 Å². The molecule has 1 aliphatic rings. The first-order valence-electron chi connectivity index (χ1n) is 8.86. The van der Waals surface area contributed by atoms with Crippen molar-refractivity contribution in [1.82, 2.24) is 9.80 Å². The van der Waals surface area contributed by atoms with Crippen LogP contribution in [-0.4, -0.2) is 54.4 Å². The smallest absolute Gasteiger partial charge is 0.260 e. The number of amides is 2. The van der Waals surface area contributed by atoms with Crippen LogP contribution in [-0.2, 0) is 4.79 Å². The molecular weight excluding hydrogens is 328 g/mol. The fourth-order valence-corrected chi connectivity index (χ4v) is 3.17. The normalized spacial score (nSPS) is 14.2. The van der Waals surface area contributed by atoms with E-state index in [1.165, 1.54) is 0 Å². The first-order valence-corrected chi connectivity index (χ1v) is 8.86. The van der Waals surface area contributed by atoms with Gasteiger partial charge < -0.3 is 14.5 Å². The average Bonchev–Trinajstić information content (AvgIpc) is 2.65. The van der Waals surface area contributed by atoms with E-state index in [1.807, 2.05) is 56.3 Å². The summed E-state index contributed by atoms with van der Waals surface area (Å²) >= 11 is 0. The highest BCUT2D eigenvalue weighted by atomic mass is 16.5. The van der Waals surface area contributed by atoms with Crippen LogP contribution in [0.15, 0.2) is 48.5 Å². The van der Waals surface area contributed by atoms with E-state index >= 15 is 0 Å². The van der Waals surface area contributed by atoms with Gasteiger partial charge in [-0.25, -0.2) is 0 Å². The summed E-state index contributed by atoms with van der Waals surface area (Å²) in [6, 6.07) is 15.2. The number of nitrogens with zero attached hydrogens (tertiary/aromatic N) is 2. The Morgan fingerprint density at radius 2 is 1.46 bits per heavy atom. The lowest BCUT2D eigenvalue weighted by molar-refractivity contribution is -0.134. The lowest BCUT2D eigenvalue weighted by Crippen LogP contribution is -2.51. The van der Waals surface area contributed by atoms with E-state index in [0.717, 1.165) is 11.1 Å². The number of ether oxygens (including phenoxy) is 1. The highest BCUT2D eigenvalue weighted by Crippen LogP contribution is 2.16. The molecule has 2 aromatic rings. The number of carbonyl (C=O) groups excluding carboxylic acids is 2. The zero-order valence-electron chi connectivity index (χ0n) is 15.3. The second kappa shape index (κ2) is 8.04. The van der Waals surface area contributed by atoms with Crippen molar-refractivity contribution >= 4 is 11.8 Å². The molecule has 3 rings (SSSR count). The molecule has 1 saturated heterocycles. The Morgan fingerprint density at radius 1 is 0.885 bits per heavy atom. The standard InChI is InChI=1S/C21H24N2O3/c1-16-12-17(2)14-19(13-16)26-15-20(24)22-8-10-23(11-9-22)21(25)18-6-4-3-5-7-18/h3-7,12-14H,8-11,15H2,1-2H3. The van der Waals surface area contributed by atoms with Crippen LogP contribution in [0, 0.1) is 13.8 Å². The zero-order valence-corrected chi connectivity index (χ0v) is 15.3. The monoisotopic (exact) mass is 352 g/mol. The molecule has 0 N–H and O–H groups in total. The number of rotatable bonds is 4. The largest absolute Gasteiger partial charge is 0.484 e. The van der Waals surface area contributed by atoms with Crippen molar-refractivity contribution in [3.63, 3.8) is 0 Å². The average molecular weight is 352 g/mol. The molecule has 1 fully saturated rings. The maximum Gasteiger partial charge on any atom is 0.260 e. The van der Waals surface area contributed by atoms with Crippen LogP contribution < -0.4 is 4.74 Å². The number of carbonyl (C=O) groups is 2. The van der Waals surface area contributed by atoms with Crippen molar-refractivity contribution in [2.24, 2.45) is 0 Å². The molecule has 0 aliphatic carbocycles. The van der Waals surface area contributed by atoms with E-state index in [-0.39, 0.29) is 18.4 Å². The van der Waals surface area contributed by atoms with Gasteiger partial charge in [0, 0.05) is 31.7 Å². The van der Waals surface area contributed by atoms with Crippen molar-refractivity contribution in [3.8, 4) is 5.75 Å². The predicted octanol–water partition coefficient (Wildman–Crippen LogP) is 2.67. The minimum absolute atomic E-state index is 0.0178. The van der Waals surface area contributed by atoms with Crippen LogP contribution in [0.1, 0.15) is 21.5 Å². The number of hydrogen-bond acceptors (Lipinski definition) is 3. The van der Waals surface area contributed by atoms with Gasteiger partial charge in [0.05, 0.1) is 0 Å². The molecular formula is C21H24N2O3. The first kappa shape index (κ1) is 18.0. The molecule has 136 valence electrons. The topological polar surface area (TPSA) is 49.9 Å². The Labute approximate surface area is 154 Å². The molecule has 0 unspecified atom stereocenters. The summed E-state index contributed by atoms with van der Waals surface area (Å²) in [5.74, 6) is 0.689. The van der Waals surface area contributed by atoms with Gasteiger partial charge in [-0.05, 0) is 49.2 Å². The van der Waals surface area contributed by atoms with E-state index in [9.17, 15) is 9.59 Å². The highest BCUT2D eigenvalue weighted by Gasteiger charge is 2.24. The van der Waals surface area contributed by atoms with Gasteiger partial charge in [0.25, 0.3) is 11.8 Å². The lowest BCUT2D eigenvalue weighted by atomic mass is 10.1. The van der Waals surface area contributed by atoms with Crippen LogP contribution in [0.2, 0.25) is 0 Å². The molecule has 1 aliphatic heterocycles. The molecule has 0 radical (unpaired) electrons. The zero-order chi connectivity index (χ0) is 18.5. The summed E-state index contributed by atoms with van der Waals surface area (Å²) in [6.07, 6.45) is 0. The Bertz CT molecular complexity index is 761. The van der Waals surface area contributed by atoms with Gasteiger partial charge in [-0.15, -0.1) is 0 Å². The molecule has 0 aromatic heterocycles. The Balaban J connectivity index is 1.50. The van der Waals surface area contributed by atoms with E-state index in [1.54, 1.807) is 9.80 Å². The van der Waals surface area contributed by atoms with Crippen LogP contribution in [0.3, 0.4) is 0 Å². The second-order valence-corrected chi connectivity index (χ2v) is 6.65. The highest BCUT2D eigenvalue weighted by molar-refractivity contribution is 5.94. The van der Waals surface area contributed by atoms with Crippen molar-refractivity contribution in [2.75, 3.05) is 32.8 Å². The number of benzene rings is 2. The molecule has 0 atom stereocenters. The number of hydrogen-bond donors (Lipinski definition) is 0. The van der Waals surface area contributed by atoms with Gasteiger partial charge in [0.2, 0.25) is 0 Å². The van der Waals surface area contributed by atoms with Gasteiger partial charge in [0.15, 0.2) is 6.61 Å². The van der Waals surface area contributed by atoms with Crippen LogP contribution in [0.25, 0.3) is 0 Å². The third-order valence-corrected chi connectivity index (χ3v) is 4.50. The van der Waals surface area contributed by atoms with Gasteiger partial charge in [-0.3, -0.25) is 9.59 Å². The summed E-state index contributed by atoms with van der Waals surface area (Å²) in [4.78, 5) is 28.4. The first-order chi connectivity index (χ1) is 12.5. The number of piperazine rings is 1. The van der Waals surface area contributed by atoms with Crippen LogP contribution >= 0.6 is 0 Å². The van der Waals surface area contributed by atoms with Crippen molar-refractivity contribution in [2.45, 2.75) is 13.8 Å². The Morgan fingerprint density at radius 3 is 2.08 bits per heavy atom. The Hall–Kier alpha value is -2.82. The third kappa shape index (κ3) is 4.42. The van der Waals surface area contributed by atoms with Crippen LogP contribution in [0.5, 0.6) is 5.75 Å². The Kier molecular flexibility index (Phi) is 5.56. The maximum atomic E-state index is 12.4. The van der Waals surface area contributed by atoms with Crippen LogP contribution in [0.4, 0.5) is 0 Å². The molecule has 5 heteroatoms. The molecule has 0 saturated carbocycles. The van der Waals surface area contributed by atoms with Crippen molar-refractivity contribution in [3.05, 3.63) is 65.2 Å². The number of aryl methyl sites for hydroxylation is 2. The lowest BCUT2D eigenvalue weighted by Gasteiger charge is -2.34. The molecule has 26 heavy (non-hydrogen) atoms. The third-order valence-electron chi connectivity index (χ3n) is 4.50. The van der Waals surface area contributed by atoms with Gasteiger partial charge in [-0.2, -0.15) is 0 Å². The van der Waals surface area contributed by atoms with Crippen molar-refractivity contribution in [1.29, 1.82) is 0 Å². The summed E-state index contributed by atoms with van der Waals surface area (Å²) in [5.41, 5.74) is 2.91.